The van der Waals surface area contributed by atoms with Gasteiger partial charge in [0.05, 0.1) is 18.3 Å². The second kappa shape index (κ2) is 4.98. The second-order valence-corrected chi connectivity index (χ2v) is 3.55. The van der Waals surface area contributed by atoms with Crippen molar-refractivity contribution in [2.45, 2.75) is 26.3 Å². The van der Waals surface area contributed by atoms with Crippen LogP contribution in [0.5, 0.6) is 0 Å². The third-order valence-corrected chi connectivity index (χ3v) is 2.53. The summed E-state index contributed by atoms with van der Waals surface area (Å²) in [5.41, 5.74) is 5.75. The summed E-state index contributed by atoms with van der Waals surface area (Å²) in [4.78, 5) is 11.7. The van der Waals surface area contributed by atoms with E-state index in [1.807, 2.05) is 0 Å². The van der Waals surface area contributed by atoms with E-state index in [0.717, 1.165) is 19.4 Å². The van der Waals surface area contributed by atoms with Crippen molar-refractivity contribution in [3.63, 3.8) is 0 Å². The standard InChI is InChI=1S/C10H14N2O2.CH4/c11-9-4-1-5-12(10(9)13)8-3-2-6-14-7-8;/h1,4-5,8H,2-3,6-7,11H2;1H4/t8-;/m1./s1. The van der Waals surface area contributed by atoms with E-state index < -0.39 is 0 Å². The third kappa shape index (κ3) is 2.39. The molecule has 4 nitrogen and oxygen atoms in total. The number of pyridine rings is 1. The Morgan fingerprint density at radius 2 is 2.33 bits per heavy atom. The topological polar surface area (TPSA) is 57.2 Å². The normalized spacial score (nSPS) is 20.7. The van der Waals surface area contributed by atoms with Crippen LogP contribution in [0.1, 0.15) is 26.3 Å². The Bertz CT molecular complexity index is 367. The summed E-state index contributed by atoms with van der Waals surface area (Å²) >= 11 is 0. The lowest BCUT2D eigenvalue weighted by atomic mass is 10.1. The van der Waals surface area contributed by atoms with Gasteiger partial charge in [-0.3, -0.25) is 4.79 Å². The molecule has 0 aliphatic carbocycles. The van der Waals surface area contributed by atoms with Gasteiger partial charge in [-0.1, -0.05) is 7.43 Å². The van der Waals surface area contributed by atoms with E-state index >= 15 is 0 Å². The molecule has 1 fully saturated rings. The molecule has 1 atom stereocenters. The van der Waals surface area contributed by atoms with Gasteiger partial charge in [-0.2, -0.15) is 0 Å². The van der Waals surface area contributed by atoms with Crippen molar-refractivity contribution in [1.29, 1.82) is 0 Å². The SMILES string of the molecule is C.Nc1cccn([C@@H]2CCCOC2)c1=O. The summed E-state index contributed by atoms with van der Waals surface area (Å²) in [5.74, 6) is 0. The van der Waals surface area contributed by atoms with Crippen molar-refractivity contribution < 1.29 is 4.74 Å². The van der Waals surface area contributed by atoms with E-state index in [0.29, 0.717) is 12.3 Å². The lowest BCUT2D eigenvalue weighted by Crippen LogP contribution is -2.31. The van der Waals surface area contributed by atoms with Crippen LogP contribution in [0.3, 0.4) is 0 Å². The zero-order valence-electron chi connectivity index (χ0n) is 7.98. The fourth-order valence-corrected chi connectivity index (χ4v) is 1.76. The number of aromatic nitrogens is 1. The van der Waals surface area contributed by atoms with Crippen LogP contribution in [0.4, 0.5) is 5.69 Å². The van der Waals surface area contributed by atoms with Gasteiger partial charge < -0.3 is 15.0 Å². The molecule has 0 radical (unpaired) electrons. The highest BCUT2D eigenvalue weighted by Crippen LogP contribution is 2.17. The second-order valence-electron chi connectivity index (χ2n) is 3.55. The van der Waals surface area contributed by atoms with Gasteiger partial charge in [-0.25, -0.2) is 0 Å². The number of nitrogen functional groups attached to an aromatic ring is 1. The van der Waals surface area contributed by atoms with Gasteiger partial charge in [0.1, 0.15) is 0 Å². The number of nitrogens with zero attached hydrogens (tertiary/aromatic N) is 1. The van der Waals surface area contributed by atoms with Crippen molar-refractivity contribution >= 4 is 5.69 Å². The van der Waals surface area contributed by atoms with E-state index in [4.69, 9.17) is 10.5 Å². The van der Waals surface area contributed by atoms with Gasteiger partial charge in [-0.05, 0) is 25.0 Å². The molecular formula is C11H18N2O2. The highest BCUT2D eigenvalue weighted by Gasteiger charge is 2.16. The van der Waals surface area contributed by atoms with Crippen LogP contribution in [-0.2, 0) is 4.74 Å². The molecule has 0 unspecified atom stereocenters. The van der Waals surface area contributed by atoms with E-state index in [9.17, 15) is 4.79 Å². The highest BCUT2D eigenvalue weighted by molar-refractivity contribution is 5.33. The first-order chi connectivity index (χ1) is 6.79. The Balaban J connectivity index is 0.00000112. The lowest BCUT2D eigenvalue weighted by molar-refractivity contribution is 0.0581. The van der Waals surface area contributed by atoms with Crippen LogP contribution in [0.15, 0.2) is 23.1 Å². The molecule has 1 aliphatic rings. The number of nitrogens with two attached hydrogens (primary N) is 1. The van der Waals surface area contributed by atoms with E-state index in [1.165, 1.54) is 0 Å². The zero-order chi connectivity index (χ0) is 9.97. The molecule has 1 aliphatic heterocycles. The molecule has 0 spiro atoms. The summed E-state index contributed by atoms with van der Waals surface area (Å²) < 4.78 is 7.01. The quantitative estimate of drug-likeness (QED) is 0.762. The molecule has 0 saturated carbocycles. The smallest absolute Gasteiger partial charge is 0.273 e. The van der Waals surface area contributed by atoms with Crippen LogP contribution in [0, 0.1) is 0 Å². The first-order valence-electron chi connectivity index (χ1n) is 4.83. The maximum atomic E-state index is 11.7. The van der Waals surface area contributed by atoms with Crippen molar-refractivity contribution in [1.82, 2.24) is 4.57 Å². The maximum absolute atomic E-state index is 11.7. The molecule has 4 heteroatoms. The first kappa shape index (κ1) is 11.8. The molecular weight excluding hydrogens is 192 g/mol. The van der Waals surface area contributed by atoms with Gasteiger partial charge in [0, 0.05) is 12.8 Å². The number of ether oxygens (including phenoxy) is 1. The predicted molar refractivity (Wildman–Crippen MR) is 60.9 cm³/mol. The van der Waals surface area contributed by atoms with E-state index in [1.54, 1.807) is 22.9 Å². The fourth-order valence-electron chi connectivity index (χ4n) is 1.76. The van der Waals surface area contributed by atoms with Crippen molar-refractivity contribution in [2.75, 3.05) is 18.9 Å². The molecule has 1 aromatic heterocycles. The minimum atomic E-state index is -0.108. The minimum Gasteiger partial charge on any atom is -0.394 e. The Morgan fingerprint density at radius 3 is 3.00 bits per heavy atom. The maximum Gasteiger partial charge on any atom is 0.273 e. The minimum absolute atomic E-state index is 0. The van der Waals surface area contributed by atoms with Gasteiger partial charge in [0.15, 0.2) is 0 Å². The Hall–Kier alpha value is -1.29. The summed E-state index contributed by atoms with van der Waals surface area (Å²) in [7, 11) is 0. The monoisotopic (exact) mass is 210 g/mol. The number of hydrogen-bond acceptors (Lipinski definition) is 3. The number of rotatable bonds is 1. The van der Waals surface area contributed by atoms with E-state index in [2.05, 4.69) is 0 Å². The Labute approximate surface area is 89.7 Å². The Morgan fingerprint density at radius 1 is 1.53 bits per heavy atom. The average molecular weight is 210 g/mol. The van der Waals surface area contributed by atoms with Crippen LogP contribution in [0.2, 0.25) is 0 Å². The molecule has 15 heavy (non-hydrogen) atoms. The summed E-state index contributed by atoms with van der Waals surface area (Å²) in [5, 5.41) is 0. The molecule has 2 N–H and O–H groups in total. The lowest BCUT2D eigenvalue weighted by Gasteiger charge is -2.24. The highest BCUT2D eigenvalue weighted by atomic mass is 16.5. The number of anilines is 1. The van der Waals surface area contributed by atoms with Crippen molar-refractivity contribution in [3.8, 4) is 0 Å². The van der Waals surface area contributed by atoms with Crippen molar-refractivity contribution in [2.24, 2.45) is 0 Å². The predicted octanol–water partition coefficient (Wildman–Crippen LogP) is 1.42. The van der Waals surface area contributed by atoms with Gasteiger partial charge >= 0.3 is 0 Å². The summed E-state index contributed by atoms with van der Waals surface area (Å²) in [6, 6.07) is 3.58. The van der Waals surface area contributed by atoms with Crippen LogP contribution in [-0.4, -0.2) is 17.8 Å². The third-order valence-electron chi connectivity index (χ3n) is 2.53. The van der Waals surface area contributed by atoms with Crippen LogP contribution >= 0.6 is 0 Å². The molecule has 1 saturated heterocycles. The Kier molecular flexibility index (Phi) is 3.91. The van der Waals surface area contributed by atoms with Crippen molar-refractivity contribution in [3.05, 3.63) is 28.7 Å². The molecule has 2 heterocycles. The molecule has 1 aromatic rings. The molecule has 0 amide bonds. The first-order valence-corrected chi connectivity index (χ1v) is 4.83. The van der Waals surface area contributed by atoms with Gasteiger partial charge in [0.25, 0.3) is 5.56 Å². The average Bonchev–Trinajstić information content (AvgIpc) is 2.23. The molecule has 0 aromatic carbocycles. The molecule has 84 valence electrons. The largest absolute Gasteiger partial charge is 0.394 e. The summed E-state index contributed by atoms with van der Waals surface area (Å²) in [6.07, 6.45) is 3.77. The zero-order valence-corrected chi connectivity index (χ0v) is 7.98. The van der Waals surface area contributed by atoms with Crippen LogP contribution in [0.25, 0.3) is 0 Å². The molecule has 0 bridgehead atoms. The van der Waals surface area contributed by atoms with Gasteiger partial charge in [-0.15, -0.1) is 0 Å². The molecule has 2 rings (SSSR count). The number of hydrogen-bond donors (Lipinski definition) is 1. The van der Waals surface area contributed by atoms with Crippen LogP contribution < -0.4 is 11.3 Å². The fraction of sp³-hybridized carbons (Fsp3) is 0.545. The van der Waals surface area contributed by atoms with E-state index in [-0.39, 0.29) is 19.0 Å². The van der Waals surface area contributed by atoms with Gasteiger partial charge in [0.2, 0.25) is 0 Å². The summed E-state index contributed by atoms with van der Waals surface area (Å²) in [6.45, 7) is 1.41.